The molecule has 0 bridgehead atoms. The van der Waals surface area contributed by atoms with Crippen LogP contribution in [-0.2, 0) is 39.3 Å². The van der Waals surface area contributed by atoms with Gasteiger partial charge >= 0.3 is 11.9 Å². The zero-order valence-electron chi connectivity index (χ0n) is 14.6. The van der Waals surface area contributed by atoms with Crippen LogP contribution in [0.3, 0.4) is 0 Å². The lowest BCUT2D eigenvalue weighted by Crippen LogP contribution is -2.24. The number of esters is 2. The van der Waals surface area contributed by atoms with Crippen molar-refractivity contribution in [3.8, 4) is 0 Å². The molecule has 0 aliphatic rings. The van der Waals surface area contributed by atoms with E-state index in [1.54, 1.807) is 0 Å². The monoisotopic (exact) mass is 309 g/mol. The van der Waals surface area contributed by atoms with E-state index >= 15 is 0 Å². The van der Waals surface area contributed by atoms with E-state index in [9.17, 15) is 9.59 Å². The van der Waals surface area contributed by atoms with Gasteiger partial charge < -0.3 is 14.0 Å². The zero-order valence-corrected chi connectivity index (χ0v) is 14.6. The molecule has 1 heterocycles. The molecule has 1 aromatic heterocycles. The van der Waals surface area contributed by atoms with Gasteiger partial charge in [0.25, 0.3) is 0 Å². The molecule has 124 valence electrons. The van der Waals surface area contributed by atoms with Crippen molar-refractivity contribution < 1.29 is 19.1 Å². The predicted molar refractivity (Wildman–Crippen MR) is 83.9 cm³/mol. The van der Waals surface area contributed by atoms with Crippen LogP contribution in [0.2, 0.25) is 0 Å². The van der Waals surface area contributed by atoms with Gasteiger partial charge in [0.15, 0.2) is 0 Å². The molecule has 0 saturated carbocycles. The summed E-state index contributed by atoms with van der Waals surface area (Å²) in [5.41, 5.74) is 0.610. The molecule has 0 aliphatic heterocycles. The van der Waals surface area contributed by atoms with Gasteiger partial charge in [-0.25, -0.2) is 0 Å². The summed E-state index contributed by atoms with van der Waals surface area (Å²) in [6.07, 6.45) is 1.86. The third-order valence-corrected chi connectivity index (χ3v) is 3.22. The molecule has 0 unspecified atom stereocenters. The Bertz CT molecular complexity index is 544. The van der Waals surface area contributed by atoms with Crippen molar-refractivity contribution in [2.75, 3.05) is 0 Å². The highest BCUT2D eigenvalue weighted by atomic mass is 16.5. The molecule has 0 N–H and O–H groups in total. The van der Waals surface area contributed by atoms with Crippen molar-refractivity contribution >= 4 is 11.9 Å². The second kappa shape index (κ2) is 6.55. The van der Waals surface area contributed by atoms with Crippen LogP contribution in [0.25, 0.3) is 0 Å². The minimum Gasteiger partial charge on any atom is -0.460 e. The minimum atomic E-state index is -0.538. The maximum Gasteiger partial charge on any atom is 0.311 e. The van der Waals surface area contributed by atoms with Gasteiger partial charge in [0.05, 0.1) is 16.5 Å². The molecule has 0 aliphatic carbocycles. The normalized spacial score (nSPS) is 12.1. The quantitative estimate of drug-likeness (QED) is 0.801. The van der Waals surface area contributed by atoms with Gasteiger partial charge in [0.2, 0.25) is 0 Å². The lowest BCUT2D eigenvalue weighted by Gasteiger charge is -2.18. The van der Waals surface area contributed by atoms with E-state index in [4.69, 9.17) is 9.47 Å². The van der Waals surface area contributed by atoms with Gasteiger partial charge in [-0.15, -0.1) is 0 Å². The highest BCUT2D eigenvalue weighted by Gasteiger charge is 2.25. The third kappa shape index (κ3) is 4.90. The Morgan fingerprint density at radius 2 is 1.41 bits per heavy atom. The Balaban J connectivity index is 2.72. The Hall–Kier alpha value is -1.78. The average Bonchev–Trinajstić information content (AvgIpc) is 2.71. The van der Waals surface area contributed by atoms with Crippen LogP contribution < -0.4 is 0 Å². The first-order valence-electron chi connectivity index (χ1n) is 7.40. The number of ether oxygens (including phenoxy) is 2. The molecular weight excluding hydrogens is 282 g/mol. The van der Waals surface area contributed by atoms with Crippen molar-refractivity contribution in [1.29, 1.82) is 0 Å². The summed E-state index contributed by atoms with van der Waals surface area (Å²) in [6, 6.07) is 1.87. The highest BCUT2D eigenvalue weighted by molar-refractivity contribution is 5.75. The maximum atomic E-state index is 11.9. The topological polar surface area (TPSA) is 57.5 Å². The molecule has 1 rings (SSSR count). The van der Waals surface area contributed by atoms with Gasteiger partial charge in [0, 0.05) is 18.8 Å². The summed E-state index contributed by atoms with van der Waals surface area (Å²) in [4.78, 5) is 23.7. The average molecular weight is 309 g/mol. The second-order valence-corrected chi connectivity index (χ2v) is 7.55. The fourth-order valence-corrected chi connectivity index (χ4v) is 1.65. The summed E-state index contributed by atoms with van der Waals surface area (Å²) in [7, 11) is 1.87. The fourth-order valence-electron chi connectivity index (χ4n) is 1.65. The summed E-state index contributed by atoms with van der Waals surface area (Å²) >= 11 is 0. The van der Waals surface area contributed by atoms with Gasteiger partial charge in [-0.1, -0.05) is 0 Å². The van der Waals surface area contributed by atoms with Crippen LogP contribution in [0.1, 0.15) is 52.8 Å². The van der Waals surface area contributed by atoms with Crippen LogP contribution in [0.5, 0.6) is 0 Å². The minimum absolute atomic E-state index is 0.169. The number of aromatic nitrogens is 1. The van der Waals surface area contributed by atoms with Crippen molar-refractivity contribution in [1.82, 2.24) is 4.57 Å². The van der Waals surface area contributed by atoms with Crippen molar-refractivity contribution in [2.45, 2.75) is 54.8 Å². The SMILES string of the molecule is Cn1ccc(COC(=O)C(C)(C)C)c1COC(=O)C(C)(C)C. The molecule has 0 spiro atoms. The second-order valence-electron chi connectivity index (χ2n) is 7.55. The number of aryl methyl sites for hydroxylation is 1. The largest absolute Gasteiger partial charge is 0.460 e. The zero-order chi connectivity index (χ0) is 17.1. The van der Waals surface area contributed by atoms with E-state index in [1.165, 1.54) is 0 Å². The first kappa shape index (κ1) is 18.3. The van der Waals surface area contributed by atoms with Crippen LogP contribution in [0, 0.1) is 10.8 Å². The van der Waals surface area contributed by atoms with Crippen LogP contribution in [0.15, 0.2) is 12.3 Å². The molecule has 22 heavy (non-hydrogen) atoms. The van der Waals surface area contributed by atoms with E-state index < -0.39 is 10.8 Å². The van der Waals surface area contributed by atoms with Crippen LogP contribution in [-0.4, -0.2) is 16.5 Å². The van der Waals surface area contributed by atoms with E-state index in [-0.39, 0.29) is 25.2 Å². The number of nitrogens with zero attached hydrogens (tertiary/aromatic N) is 1. The molecule has 0 atom stereocenters. The maximum absolute atomic E-state index is 11.9. The van der Waals surface area contributed by atoms with E-state index in [1.807, 2.05) is 65.4 Å². The summed E-state index contributed by atoms with van der Waals surface area (Å²) < 4.78 is 12.5. The molecule has 0 fully saturated rings. The molecule has 5 nitrogen and oxygen atoms in total. The van der Waals surface area contributed by atoms with Crippen molar-refractivity contribution in [2.24, 2.45) is 17.9 Å². The van der Waals surface area contributed by atoms with Crippen LogP contribution in [0.4, 0.5) is 0 Å². The van der Waals surface area contributed by atoms with Gasteiger partial charge in [0.1, 0.15) is 13.2 Å². The van der Waals surface area contributed by atoms with Crippen LogP contribution >= 0.6 is 0 Å². The van der Waals surface area contributed by atoms with E-state index in [0.29, 0.717) is 0 Å². The molecular formula is C17H27NO4. The number of carbonyl (C=O) groups is 2. The molecule has 0 radical (unpaired) electrons. The van der Waals surface area contributed by atoms with Gasteiger partial charge in [-0.3, -0.25) is 9.59 Å². The predicted octanol–water partition coefficient (Wildman–Crippen LogP) is 3.20. The standard InChI is InChI=1S/C17H27NO4/c1-16(2,3)14(19)21-10-12-8-9-18(7)13(12)11-22-15(20)17(4,5)6/h8-9H,10-11H2,1-7H3. The number of carbonyl (C=O) groups excluding carboxylic acids is 2. The lowest BCUT2D eigenvalue weighted by molar-refractivity contribution is -0.156. The molecule has 5 heteroatoms. The highest BCUT2D eigenvalue weighted by Crippen LogP contribution is 2.20. The van der Waals surface area contributed by atoms with Crippen molar-refractivity contribution in [3.05, 3.63) is 23.5 Å². The Morgan fingerprint density at radius 1 is 0.955 bits per heavy atom. The Kier molecular flexibility index (Phi) is 5.44. The molecule has 0 aromatic carbocycles. The van der Waals surface area contributed by atoms with Gasteiger partial charge in [-0.05, 0) is 47.6 Å². The third-order valence-electron chi connectivity index (χ3n) is 3.22. The summed E-state index contributed by atoms with van der Waals surface area (Å²) in [5, 5.41) is 0. The smallest absolute Gasteiger partial charge is 0.311 e. The van der Waals surface area contributed by atoms with Crippen molar-refractivity contribution in [3.63, 3.8) is 0 Å². The van der Waals surface area contributed by atoms with E-state index in [0.717, 1.165) is 11.3 Å². The Morgan fingerprint density at radius 3 is 1.86 bits per heavy atom. The summed E-state index contributed by atoms with van der Waals surface area (Å²) in [6.45, 7) is 11.2. The lowest BCUT2D eigenvalue weighted by atomic mass is 9.97. The molecule has 1 aromatic rings. The summed E-state index contributed by atoms with van der Waals surface area (Å²) in [5.74, 6) is -0.514. The number of hydrogen-bond acceptors (Lipinski definition) is 4. The number of rotatable bonds is 4. The fraction of sp³-hybridized carbons (Fsp3) is 0.647. The molecule has 0 saturated heterocycles. The number of hydrogen-bond donors (Lipinski definition) is 0. The Labute approximate surface area is 132 Å². The van der Waals surface area contributed by atoms with E-state index in [2.05, 4.69) is 0 Å². The first-order chi connectivity index (χ1) is 9.93. The molecule has 0 amide bonds. The first-order valence-corrected chi connectivity index (χ1v) is 7.40. The van der Waals surface area contributed by atoms with Gasteiger partial charge in [-0.2, -0.15) is 0 Å².